The van der Waals surface area contributed by atoms with Crippen LogP contribution < -0.4 is 0 Å². The summed E-state index contributed by atoms with van der Waals surface area (Å²) in [7, 11) is 1.67. The first-order valence-electron chi connectivity index (χ1n) is 4.16. The lowest BCUT2D eigenvalue weighted by atomic mass is 10.3. The van der Waals surface area contributed by atoms with Gasteiger partial charge in [-0.3, -0.25) is 4.68 Å². The van der Waals surface area contributed by atoms with E-state index in [0.29, 0.717) is 17.2 Å². The van der Waals surface area contributed by atoms with Crippen LogP contribution in [-0.2, 0) is 7.05 Å². The van der Waals surface area contributed by atoms with E-state index in [0.717, 1.165) is 0 Å². The normalized spacial score (nSPS) is 10.5. The number of aryl methyl sites for hydroxylation is 2. The first-order chi connectivity index (χ1) is 6.70. The van der Waals surface area contributed by atoms with E-state index in [1.807, 2.05) is 0 Å². The van der Waals surface area contributed by atoms with E-state index in [-0.39, 0.29) is 5.82 Å². The highest BCUT2D eigenvalue weighted by Crippen LogP contribution is 2.19. The van der Waals surface area contributed by atoms with Crippen molar-refractivity contribution in [3.8, 4) is 11.5 Å². The molecule has 0 aliphatic heterocycles. The largest absolute Gasteiger partial charge is 0.261 e. The van der Waals surface area contributed by atoms with Crippen LogP contribution >= 0.6 is 0 Å². The summed E-state index contributed by atoms with van der Waals surface area (Å²) >= 11 is 0. The summed E-state index contributed by atoms with van der Waals surface area (Å²) in [4.78, 5) is 7.94. The molecule has 0 unspecified atom stereocenters. The molecule has 2 aromatic heterocycles. The monoisotopic (exact) mass is 192 g/mol. The maximum atomic E-state index is 13.5. The molecule has 2 aromatic rings. The molecule has 0 spiro atoms. The number of aromatic nitrogens is 4. The van der Waals surface area contributed by atoms with Crippen molar-refractivity contribution in [1.82, 2.24) is 19.7 Å². The Bertz CT molecular complexity index is 449. The summed E-state index contributed by atoms with van der Waals surface area (Å²) < 4.78 is 15.0. The van der Waals surface area contributed by atoms with Gasteiger partial charge in [0, 0.05) is 19.4 Å². The lowest BCUT2D eigenvalue weighted by Gasteiger charge is -1.98. The average molecular weight is 192 g/mol. The smallest absolute Gasteiger partial charge is 0.180 e. The first kappa shape index (κ1) is 8.80. The van der Waals surface area contributed by atoms with Gasteiger partial charge in [-0.25, -0.2) is 14.4 Å². The van der Waals surface area contributed by atoms with Gasteiger partial charge in [0.25, 0.3) is 0 Å². The molecule has 0 atom stereocenters. The summed E-state index contributed by atoms with van der Waals surface area (Å²) in [5.41, 5.74) is 0.679. The van der Waals surface area contributed by atoms with E-state index in [1.165, 1.54) is 4.68 Å². The molecule has 4 nitrogen and oxygen atoms in total. The highest BCUT2D eigenvalue weighted by molar-refractivity contribution is 5.50. The van der Waals surface area contributed by atoms with Crippen LogP contribution in [0, 0.1) is 12.7 Å². The predicted octanol–water partition coefficient (Wildman–Crippen LogP) is 1.32. The molecule has 0 N–H and O–H groups in total. The van der Waals surface area contributed by atoms with Crippen LogP contribution in [0.5, 0.6) is 0 Å². The second-order valence-electron chi connectivity index (χ2n) is 2.94. The fourth-order valence-corrected chi connectivity index (χ4v) is 1.30. The Morgan fingerprint density at radius 1 is 1.29 bits per heavy atom. The van der Waals surface area contributed by atoms with Gasteiger partial charge in [0.2, 0.25) is 0 Å². The van der Waals surface area contributed by atoms with Crippen molar-refractivity contribution in [1.29, 1.82) is 0 Å². The topological polar surface area (TPSA) is 43.6 Å². The van der Waals surface area contributed by atoms with Gasteiger partial charge in [-0.1, -0.05) is 0 Å². The molecule has 5 heteroatoms. The molecule has 0 fully saturated rings. The second kappa shape index (κ2) is 3.17. The molecule has 0 bridgehead atoms. The summed E-state index contributed by atoms with van der Waals surface area (Å²) in [6.07, 6.45) is 3.15. The predicted molar refractivity (Wildman–Crippen MR) is 48.9 cm³/mol. The summed E-state index contributed by atoms with van der Waals surface area (Å²) in [6, 6.07) is 1.69. The molecule has 0 aliphatic rings. The van der Waals surface area contributed by atoms with Crippen LogP contribution in [0.15, 0.2) is 18.5 Å². The Kier molecular flexibility index (Phi) is 1.99. The molecule has 0 aliphatic carbocycles. The summed E-state index contributed by atoms with van der Waals surface area (Å²) in [6.45, 7) is 1.61. The molecule has 2 rings (SSSR count). The van der Waals surface area contributed by atoms with Crippen LogP contribution in [0.25, 0.3) is 11.5 Å². The van der Waals surface area contributed by atoms with Crippen molar-refractivity contribution < 1.29 is 4.39 Å². The number of hydrogen-bond acceptors (Lipinski definition) is 3. The highest BCUT2D eigenvalue weighted by atomic mass is 19.1. The molecular weight excluding hydrogens is 183 g/mol. The van der Waals surface area contributed by atoms with Gasteiger partial charge in [-0.05, 0) is 13.0 Å². The molecular formula is C9H9FN4. The molecule has 72 valence electrons. The lowest BCUT2D eigenvalue weighted by Crippen LogP contribution is -1.98. The Hall–Kier alpha value is -1.78. The minimum atomic E-state index is -0.362. The van der Waals surface area contributed by atoms with Gasteiger partial charge in [0.15, 0.2) is 11.6 Å². The van der Waals surface area contributed by atoms with E-state index >= 15 is 0 Å². The maximum absolute atomic E-state index is 13.5. The van der Waals surface area contributed by atoms with Crippen molar-refractivity contribution in [2.75, 3.05) is 0 Å². The van der Waals surface area contributed by atoms with Crippen molar-refractivity contribution in [2.45, 2.75) is 6.92 Å². The third kappa shape index (κ3) is 1.26. The summed E-state index contributed by atoms with van der Waals surface area (Å²) in [5.74, 6) is -0.00759. The number of rotatable bonds is 1. The third-order valence-electron chi connectivity index (χ3n) is 1.93. The maximum Gasteiger partial charge on any atom is 0.180 e. The first-order valence-corrected chi connectivity index (χ1v) is 4.16. The summed E-state index contributed by atoms with van der Waals surface area (Å²) in [5, 5.41) is 3.95. The molecule has 0 aromatic carbocycles. The van der Waals surface area contributed by atoms with Crippen LogP contribution in [-0.4, -0.2) is 19.7 Å². The van der Waals surface area contributed by atoms with Gasteiger partial charge in [-0.2, -0.15) is 5.10 Å². The fourth-order valence-electron chi connectivity index (χ4n) is 1.30. The molecule has 0 saturated heterocycles. The third-order valence-corrected chi connectivity index (χ3v) is 1.93. The second-order valence-corrected chi connectivity index (χ2v) is 2.94. The van der Waals surface area contributed by atoms with Gasteiger partial charge in [-0.15, -0.1) is 0 Å². The minimum Gasteiger partial charge on any atom is -0.261 e. The van der Waals surface area contributed by atoms with Crippen molar-refractivity contribution in [2.24, 2.45) is 7.05 Å². The van der Waals surface area contributed by atoms with E-state index in [9.17, 15) is 4.39 Å². The van der Waals surface area contributed by atoms with Crippen molar-refractivity contribution in [3.05, 3.63) is 30.0 Å². The zero-order chi connectivity index (χ0) is 10.1. The Balaban J connectivity index is 2.62. The standard InChI is InChI=1S/C9H9FN4/c1-6-7(10)8(14(2)13-6)9-11-4-3-5-12-9/h3-5H,1-2H3. The molecule has 0 radical (unpaired) electrons. The van der Waals surface area contributed by atoms with Crippen molar-refractivity contribution >= 4 is 0 Å². The van der Waals surface area contributed by atoms with Gasteiger partial charge >= 0.3 is 0 Å². The Morgan fingerprint density at radius 3 is 2.43 bits per heavy atom. The zero-order valence-corrected chi connectivity index (χ0v) is 7.90. The number of halogens is 1. The van der Waals surface area contributed by atoms with E-state index in [4.69, 9.17) is 0 Å². The van der Waals surface area contributed by atoms with E-state index in [2.05, 4.69) is 15.1 Å². The zero-order valence-electron chi connectivity index (χ0n) is 7.90. The van der Waals surface area contributed by atoms with Gasteiger partial charge in [0.05, 0.1) is 5.69 Å². The van der Waals surface area contributed by atoms with Crippen molar-refractivity contribution in [3.63, 3.8) is 0 Å². The number of hydrogen-bond donors (Lipinski definition) is 0. The SMILES string of the molecule is Cc1nn(C)c(-c2ncccn2)c1F. The Morgan fingerprint density at radius 2 is 1.93 bits per heavy atom. The average Bonchev–Trinajstić information content (AvgIpc) is 2.43. The van der Waals surface area contributed by atoms with Gasteiger partial charge in [0.1, 0.15) is 5.69 Å². The molecule has 14 heavy (non-hydrogen) atoms. The highest BCUT2D eigenvalue weighted by Gasteiger charge is 2.16. The Labute approximate surface area is 80.4 Å². The van der Waals surface area contributed by atoms with Crippen LogP contribution in [0.2, 0.25) is 0 Å². The minimum absolute atomic E-state index is 0.322. The molecule has 2 heterocycles. The lowest BCUT2D eigenvalue weighted by molar-refractivity contribution is 0.620. The molecule has 0 saturated carbocycles. The fraction of sp³-hybridized carbons (Fsp3) is 0.222. The van der Waals surface area contributed by atoms with Crippen LogP contribution in [0.1, 0.15) is 5.69 Å². The van der Waals surface area contributed by atoms with Crippen LogP contribution in [0.3, 0.4) is 0 Å². The quantitative estimate of drug-likeness (QED) is 0.684. The van der Waals surface area contributed by atoms with E-state index < -0.39 is 0 Å². The van der Waals surface area contributed by atoms with E-state index in [1.54, 1.807) is 32.4 Å². The van der Waals surface area contributed by atoms with Gasteiger partial charge < -0.3 is 0 Å². The number of nitrogens with zero attached hydrogens (tertiary/aromatic N) is 4. The van der Waals surface area contributed by atoms with Crippen LogP contribution in [0.4, 0.5) is 4.39 Å². The molecule has 0 amide bonds.